The van der Waals surface area contributed by atoms with E-state index in [9.17, 15) is 14.4 Å². The Morgan fingerprint density at radius 3 is 2.56 bits per heavy atom. The number of carbonyl (C=O) groups excluding carboxylic acids is 1. The minimum atomic E-state index is -0.649. The zero-order valence-corrected chi connectivity index (χ0v) is 17.4. The van der Waals surface area contributed by atoms with E-state index in [-0.39, 0.29) is 11.9 Å². The Labute approximate surface area is 183 Å². The number of nitriles is 2. The van der Waals surface area contributed by atoms with Gasteiger partial charge in [-0.2, -0.15) is 15.5 Å². The van der Waals surface area contributed by atoms with Gasteiger partial charge < -0.3 is 0 Å². The number of hydrogen-bond acceptors (Lipinski definition) is 6. The summed E-state index contributed by atoms with van der Waals surface area (Å²) < 4.78 is 14.9. The molecular weight excluding hydrogens is 409 g/mol. The third kappa shape index (κ3) is 3.57. The van der Waals surface area contributed by atoms with Gasteiger partial charge in [-0.25, -0.2) is 9.07 Å². The second-order valence-corrected chi connectivity index (χ2v) is 7.28. The number of alkyl halides is 1. The standard InChI is InChI=1S/C23H18FN7O/c1-14-20(13-26)30(19-5-3-4-17(10-19)11-24)23-28-22(27-15(2)32)29-31(23)21(14)18-8-6-16(12-25)7-9-18/h3-10,21H,11H2,1-2H3,(H,27,29,32)/t21-/m0/s1. The van der Waals surface area contributed by atoms with E-state index in [2.05, 4.69) is 27.5 Å². The van der Waals surface area contributed by atoms with E-state index in [4.69, 9.17) is 5.26 Å². The van der Waals surface area contributed by atoms with Crippen LogP contribution in [0, 0.1) is 22.7 Å². The first kappa shape index (κ1) is 20.8. The number of rotatable bonds is 4. The number of carbonyl (C=O) groups is 1. The number of anilines is 3. The highest BCUT2D eigenvalue weighted by Gasteiger charge is 2.35. The van der Waals surface area contributed by atoms with Crippen LogP contribution in [0.1, 0.15) is 36.6 Å². The summed E-state index contributed by atoms with van der Waals surface area (Å²) in [6, 6.07) is 17.6. The largest absolute Gasteiger partial charge is 0.293 e. The molecule has 8 nitrogen and oxygen atoms in total. The first-order valence-electron chi connectivity index (χ1n) is 9.77. The lowest BCUT2D eigenvalue weighted by Crippen LogP contribution is -2.31. The first-order valence-corrected chi connectivity index (χ1v) is 9.77. The van der Waals surface area contributed by atoms with E-state index in [1.807, 2.05) is 6.92 Å². The number of halogens is 1. The molecule has 0 bridgehead atoms. The maximum Gasteiger partial charge on any atom is 0.250 e. The van der Waals surface area contributed by atoms with Gasteiger partial charge in [0.05, 0.1) is 17.3 Å². The predicted molar refractivity (Wildman–Crippen MR) is 115 cm³/mol. The molecule has 4 rings (SSSR count). The number of nitrogens with zero attached hydrogens (tertiary/aromatic N) is 6. The molecule has 1 atom stereocenters. The highest BCUT2D eigenvalue weighted by atomic mass is 19.1. The summed E-state index contributed by atoms with van der Waals surface area (Å²) in [5.41, 5.74) is 3.33. The fraction of sp³-hybridized carbons (Fsp3) is 0.174. The Bertz CT molecular complexity index is 1310. The van der Waals surface area contributed by atoms with Gasteiger partial charge in [-0.3, -0.25) is 15.0 Å². The van der Waals surface area contributed by atoms with Crippen molar-refractivity contribution in [3.63, 3.8) is 0 Å². The average Bonchev–Trinajstić information content (AvgIpc) is 3.20. The summed E-state index contributed by atoms with van der Waals surface area (Å²) in [7, 11) is 0. The van der Waals surface area contributed by atoms with Gasteiger partial charge in [0.15, 0.2) is 0 Å². The Morgan fingerprint density at radius 1 is 1.19 bits per heavy atom. The van der Waals surface area contributed by atoms with Crippen LogP contribution in [0.15, 0.2) is 59.8 Å². The molecule has 0 aliphatic carbocycles. The monoisotopic (exact) mass is 427 g/mol. The quantitative estimate of drug-likeness (QED) is 0.671. The van der Waals surface area contributed by atoms with Crippen molar-refractivity contribution in [2.24, 2.45) is 0 Å². The summed E-state index contributed by atoms with van der Waals surface area (Å²) >= 11 is 0. The molecule has 1 N–H and O–H groups in total. The van der Waals surface area contributed by atoms with E-state index >= 15 is 0 Å². The molecule has 1 aromatic heterocycles. The number of aromatic nitrogens is 3. The van der Waals surface area contributed by atoms with Crippen LogP contribution in [-0.4, -0.2) is 20.7 Å². The SMILES string of the molecule is CC(=O)Nc1nc2n(n1)[C@H](c1ccc(C#N)cc1)C(C)=C(C#N)N2c1cccc(CF)c1. The smallest absolute Gasteiger partial charge is 0.250 e. The zero-order valence-electron chi connectivity index (χ0n) is 17.4. The third-order valence-corrected chi connectivity index (χ3v) is 5.14. The van der Waals surface area contributed by atoms with Crippen LogP contribution in [0.5, 0.6) is 0 Å². The van der Waals surface area contributed by atoms with Crippen LogP contribution in [0.25, 0.3) is 0 Å². The number of nitrogens with one attached hydrogen (secondary N) is 1. The third-order valence-electron chi connectivity index (χ3n) is 5.14. The molecule has 2 heterocycles. The van der Waals surface area contributed by atoms with Crippen molar-refractivity contribution >= 4 is 23.5 Å². The zero-order chi connectivity index (χ0) is 22.8. The predicted octanol–water partition coefficient (Wildman–Crippen LogP) is 4.12. The molecule has 1 aliphatic heterocycles. The van der Waals surface area contributed by atoms with Crippen LogP contribution in [-0.2, 0) is 11.5 Å². The van der Waals surface area contributed by atoms with E-state index < -0.39 is 12.7 Å². The van der Waals surface area contributed by atoms with Crippen LogP contribution in [0.4, 0.5) is 22.0 Å². The van der Waals surface area contributed by atoms with Gasteiger partial charge in [-0.05, 0) is 47.9 Å². The lowest BCUT2D eigenvalue weighted by Gasteiger charge is -2.33. The lowest BCUT2D eigenvalue weighted by molar-refractivity contribution is -0.114. The number of hydrogen-bond donors (Lipinski definition) is 1. The van der Waals surface area contributed by atoms with Gasteiger partial charge >= 0.3 is 0 Å². The van der Waals surface area contributed by atoms with Crippen molar-refractivity contribution < 1.29 is 9.18 Å². The minimum Gasteiger partial charge on any atom is -0.293 e. The van der Waals surface area contributed by atoms with Crippen LogP contribution in [0.2, 0.25) is 0 Å². The Kier molecular flexibility index (Phi) is 5.40. The van der Waals surface area contributed by atoms with Gasteiger partial charge in [-0.15, -0.1) is 5.10 Å². The number of amides is 1. The highest BCUT2D eigenvalue weighted by Crippen LogP contribution is 2.42. The molecule has 1 amide bonds. The molecule has 32 heavy (non-hydrogen) atoms. The van der Waals surface area contributed by atoms with Crippen LogP contribution in [0.3, 0.4) is 0 Å². The molecule has 0 saturated carbocycles. The van der Waals surface area contributed by atoms with Crippen LogP contribution < -0.4 is 10.2 Å². The fourth-order valence-corrected chi connectivity index (χ4v) is 3.73. The summed E-state index contributed by atoms with van der Waals surface area (Å²) in [6.07, 6.45) is 0. The molecule has 9 heteroatoms. The number of fused-ring (bicyclic) bond motifs is 1. The molecule has 0 fully saturated rings. The molecule has 0 spiro atoms. The number of allylic oxidation sites excluding steroid dienone is 2. The molecule has 0 saturated heterocycles. The van der Waals surface area contributed by atoms with E-state index in [1.165, 1.54) is 6.92 Å². The maximum atomic E-state index is 13.3. The lowest BCUT2D eigenvalue weighted by atomic mass is 9.95. The highest BCUT2D eigenvalue weighted by molar-refractivity contribution is 5.87. The number of benzene rings is 2. The maximum absolute atomic E-state index is 13.3. The second-order valence-electron chi connectivity index (χ2n) is 7.28. The van der Waals surface area contributed by atoms with Gasteiger partial charge in [0.1, 0.15) is 24.5 Å². The van der Waals surface area contributed by atoms with Crippen molar-refractivity contribution in [1.29, 1.82) is 10.5 Å². The van der Waals surface area contributed by atoms with Crippen molar-refractivity contribution in [3.8, 4) is 12.1 Å². The Morgan fingerprint density at radius 2 is 1.94 bits per heavy atom. The first-order chi connectivity index (χ1) is 15.5. The second kappa shape index (κ2) is 8.32. The summed E-state index contributed by atoms with van der Waals surface area (Å²) in [5, 5.41) is 26.2. The van der Waals surface area contributed by atoms with Crippen molar-refractivity contribution in [2.45, 2.75) is 26.6 Å². The van der Waals surface area contributed by atoms with Crippen LogP contribution >= 0.6 is 0 Å². The Balaban J connectivity index is 1.95. The molecule has 158 valence electrons. The summed E-state index contributed by atoms with van der Waals surface area (Å²) in [6.45, 7) is 2.52. The van der Waals surface area contributed by atoms with Gasteiger partial charge in [0.25, 0.3) is 5.95 Å². The minimum absolute atomic E-state index is 0.0878. The van der Waals surface area contributed by atoms with Crippen molar-refractivity contribution in [2.75, 3.05) is 10.2 Å². The summed E-state index contributed by atoms with van der Waals surface area (Å²) in [4.78, 5) is 17.7. The van der Waals surface area contributed by atoms with Gasteiger partial charge in [0.2, 0.25) is 11.9 Å². The summed E-state index contributed by atoms with van der Waals surface area (Å²) in [5.74, 6) is 0.0603. The average molecular weight is 427 g/mol. The van der Waals surface area contributed by atoms with E-state index in [0.29, 0.717) is 34.0 Å². The molecule has 1 aliphatic rings. The molecule has 2 aromatic carbocycles. The van der Waals surface area contributed by atoms with Crippen molar-refractivity contribution in [3.05, 3.63) is 76.5 Å². The molecule has 0 radical (unpaired) electrons. The van der Waals surface area contributed by atoms with E-state index in [1.54, 1.807) is 58.1 Å². The van der Waals surface area contributed by atoms with Gasteiger partial charge in [0, 0.05) is 6.92 Å². The topological polar surface area (TPSA) is 111 Å². The fourth-order valence-electron chi connectivity index (χ4n) is 3.73. The normalized spacial score (nSPS) is 15.0. The van der Waals surface area contributed by atoms with E-state index in [0.717, 1.165) is 5.56 Å². The molecule has 0 unspecified atom stereocenters. The Hall–Kier alpha value is -4.50. The van der Waals surface area contributed by atoms with Gasteiger partial charge in [-0.1, -0.05) is 24.3 Å². The van der Waals surface area contributed by atoms with Crippen molar-refractivity contribution in [1.82, 2.24) is 14.8 Å². The molecular formula is C23H18FN7O. The molecule has 3 aromatic rings.